The van der Waals surface area contributed by atoms with Gasteiger partial charge in [0.15, 0.2) is 5.03 Å². The number of hydrogen-bond donors (Lipinski definition) is 1. The normalized spacial score (nSPS) is 11.7. The maximum absolute atomic E-state index is 13.1. The Morgan fingerprint density at radius 3 is 2.50 bits per heavy atom. The average molecular weight is 403 g/mol. The minimum absolute atomic E-state index is 0.0188. The molecule has 0 radical (unpaired) electrons. The standard InChI is InChI=1S/C10H7BrCl2FN3O2S/c1-17-10(8(13)4-15-17)20(18,19)16-9-6(11)2-5(14)3-7(9)12/h2-4,16H,1H3. The molecule has 10 heteroatoms. The third-order valence-corrected chi connectivity index (χ3v) is 5.12. The van der Waals surface area contributed by atoms with Gasteiger partial charge >= 0.3 is 0 Å². The summed E-state index contributed by atoms with van der Waals surface area (Å²) in [6, 6.07) is 2.09. The van der Waals surface area contributed by atoms with Crippen molar-refractivity contribution in [2.24, 2.45) is 7.05 Å². The van der Waals surface area contributed by atoms with Gasteiger partial charge in [0.25, 0.3) is 10.0 Å². The van der Waals surface area contributed by atoms with Crippen LogP contribution in [0.4, 0.5) is 10.1 Å². The lowest BCUT2D eigenvalue weighted by Crippen LogP contribution is -2.17. The molecule has 0 bridgehead atoms. The first-order valence-electron chi connectivity index (χ1n) is 5.07. The molecule has 0 saturated heterocycles. The zero-order valence-corrected chi connectivity index (χ0v) is 13.8. The first-order chi connectivity index (χ1) is 9.22. The van der Waals surface area contributed by atoms with Crippen LogP contribution in [0.3, 0.4) is 0 Å². The van der Waals surface area contributed by atoms with Crippen LogP contribution in [0.25, 0.3) is 0 Å². The maximum atomic E-state index is 13.1. The van der Waals surface area contributed by atoms with E-state index >= 15 is 0 Å². The molecule has 0 fully saturated rings. The summed E-state index contributed by atoms with van der Waals surface area (Å²) in [5, 5.41) is 3.41. The molecule has 0 aliphatic carbocycles. The predicted molar refractivity (Wildman–Crippen MR) is 78.1 cm³/mol. The van der Waals surface area contributed by atoms with E-state index in [1.165, 1.54) is 13.2 Å². The van der Waals surface area contributed by atoms with Gasteiger partial charge in [-0.05, 0) is 28.1 Å². The van der Waals surface area contributed by atoms with Crippen molar-refractivity contribution >= 4 is 54.8 Å². The Morgan fingerprint density at radius 2 is 2.00 bits per heavy atom. The van der Waals surface area contributed by atoms with Gasteiger partial charge in [-0.15, -0.1) is 0 Å². The third kappa shape index (κ3) is 2.93. The fourth-order valence-electron chi connectivity index (χ4n) is 1.52. The van der Waals surface area contributed by atoms with Crippen LogP contribution >= 0.6 is 39.1 Å². The Morgan fingerprint density at radius 1 is 1.35 bits per heavy atom. The van der Waals surface area contributed by atoms with Crippen LogP contribution in [0.5, 0.6) is 0 Å². The van der Waals surface area contributed by atoms with Crippen molar-refractivity contribution in [1.29, 1.82) is 0 Å². The van der Waals surface area contributed by atoms with Crippen molar-refractivity contribution in [2.75, 3.05) is 4.72 Å². The number of benzene rings is 1. The van der Waals surface area contributed by atoms with E-state index in [0.717, 1.165) is 16.8 Å². The SMILES string of the molecule is Cn1ncc(Cl)c1S(=O)(=O)Nc1c(Cl)cc(F)cc1Br. The summed E-state index contributed by atoms with van der Waals surface area (Å²) in [5.41, 5.74) is 0.0188. The number of sulfonamides is 1. The van der Waals surface area contributed by atoms with Gasteiger partial charge in [-0.2, -0.15) is 13.5 Å². The van der Waals surface area contributed by atoms with Crippen molar-refractivity contribution in [3.05, 3.63) is 38.7 Å². The first kappa shape index (κ1) is 15.6. The Bertz CT molecular complexity index is 736. The minimum Gasteiger partial charge on any atom is -0.276 e. The number of anilines is 1. The molecule has 5 nitrogen and oxygen atoms in total. The number of nitrogens with zero attached hydrogens (tertiary/aromatic N) is 2. The quantitative estimate of drug-likeness (QED) is 0.855. The molecule has 0 unspecified atom stereocenters. The van der Waals surface area contributed by atoms with Crippen LogP contribution in [-0.2, 0) is 17.1 Å². The topological polar surface area (TPSA) is 64.0 Å². The zero-order valence-electron chi connectivity index (χ0n) is 9.86. The minimum atomic E-state index is -4.01. The van der Waals surface area contributed by atoms with E-state index in [1.54, 1.807) is 0 Å². The molecule has 0 atom stereocenters. The van der Waals surface area contributed by atoms with Crippen LogP contribution in [-0.4, -0.2) is 18.2 Å². The highest BCUT2D eigenvalue weighted by Gasteiger charge is 2.24. The monoisotopic (exact) mass is 401 g/mol. The molecular formula is C10H7BrCl2FN3O2S. The van der Waals surface area contributed by atoms with Crippen molar-refractivity contribution < 1.29 is 12.8 Å². The smallest absolute Gasteiger partial charge is 0.276 e. The molecule has 0 aliphatic heterocycles. The Labute approximate surface area is 132 Å². The Hall–Kier alpha value is -0.830. The Balaban J connectivity index is 2.50. The van der Waals surface area contributed by atoms with Gasteiger partial charge in [-0.25, -0.2) is 4.39 Å². The van der Waals surface area contributed by atoms with Crippen molar-refractivity contribution in [3.8, 4) is 0 Å². The summed E-state index contributed by atoms with van der Waals surface area (Å²) in [5.74, 6) is -0.594. The van der Waals surface area contributed by atoms with E-state index in [4.69, 9.17) is 23.2 Å². The second kappa shape index (κ2) is 5.51. The van der Waals surface area contributed by atoms with E-state index in [9.17, 15) is 12.8 Å². The molecule has 20 heavy (non-hydrogen) atoms. The summed E-state index contributed by atoms with van der Waals surface area (Å²) < 4.78 is 41.2. The molecule has 1 aromatic heterocycles. The van der Waals surface area contributed by atoms with Crippen LogP contribution < -0.4 is 4.72 Å². The number of rotatable bonds is 3. The molecular weight excluding hydrogens is 396 g/mol. The fourth-order valence-corrected chi connectivity index (χ4v) is 4.37. The second-order valence-electron chi connectivity index (χ2n) is 3.77. The second-order valence-corrected chi connectivity index (χ2v) is 7.04. The average Bonchev–Trinajstić information content (AvgIpc) is 2.64. The summed E-state index contributed by atoms with van der Waals surface area (Å²) in [7, 11) is -2.58. The summed E-state index contributed by atoms with van der Waals surface area (Å²) in [6.45, 7) is 0. The number of nitrogens with one attached hydrogen (secondary N) is 1. The van der Waals surface area contributed by atoms with Gasteiger partial charge in [0, 0.05) is 11.5 Å². The fraction of sp³-hybridized carbons (Fsp3) is 0.100. The number of aromatic nitrogens is 2. The van der Waals surface area contributed by atoms with Crippen LogP contribution in [0.15, 0.2) is 27.8 Å². The van der Waals surface area contributed by atoms with E-state index in [-0.39, 0.29) is 25.2 Å². The molecule has 1 N–H and O–H groups in total. The molecule has 0 spiro atoms. The van der Waals surface area contributed by atoms with Crippen LogP contribution in [0.2, 0.25) is 10.0 Å². The van der Waals surface area contributed by atoms with Gasteiger partial charge in [0.2, 0.25) is 0 Å². The van der Waals surface area contributed by atoms with E-state index < -0.39 is 15.8 Å². The lowest BCUT2D eigenvalue weighted by Gasteiger charge is -2.12. The third-order valence-electron chi connectivity index (χ3n) is 2.34. The zero-order chi connectivity index (χ0) is 15.1. The van der Waals surface area contributed by atoms with Gasteiger partial charge in [0.1, 0.15) is 5.82 Å². The molecule has 0 aliphatic rings. The van der Waals surface area contributed by atoms with Crippen LogP contribution in [0.1, 0.15) is 0 Å². The van der Waals surface area contributed by atoms with E-state index in [0.29, 0.717) is 0 Å². The molecule has 0 saturated carbocycles. The highest BCUT2D eigenvalue weighted by Crippen LogP contribution is 2.34. The number of hydrogen-bond acceptors (Lipinski definition) is 3. The molecule has 108 valence electrons. The molecule has 1 heterocycles. The number of aryl methyl sites for hydroxylation is 1. The lowest BCUT2D eigenvalue weighted by atomic mass is 10.3. The summed E-state index contributed by atoms with van der Waals surface area (Å²) in [6.07, 6.45) is 1.21. The van der Waals surface area contributed by atoms with Crippen molar-refractivity contribution in [3.63, 3.8) is 0 Å². The van der Waals surface area contributed by atoms with Gasteiger partial charge < -0.3 is 0 Å². The molecule has 2 aromatic rings. The molecule has 2 rings (SSSR count). The number of halogens is 4. The lowest BCUT2D eigenvalue weighted by molar-refractivity contribution is 0.582. The van der Waals surface area contributed by atoms with Gasteiger partial charge in [-0.3, -0.25) is 9.40 Å². The summed E-state index contributed by atoms with van der Waals surface area (Å²) >= 11 is 14.7. The molecule has 1 aromatic carbocycles. The highest BCUT2D eigenvalue weighted by atomic mass is 79.9. The van der Waals surface area contributed by atoms with Gasteiger partial charge in [0.05, 0.1) is 21.9 Å². The largest absolute Gasteiger partial charge is 0.280 e. The first-order valence-corrected chi connectivity index (χ1v) is 8.10. The van der Waals surface area contributed by atoms with E-state index in [1.807, 2.05) is 0 Å². The summed E-state index contributed by atoms with van der Waals surface area (Å²) in [4.78, 5) is 0. The highest BCUT2D eigenvalue weighted by molar-refractivity contribution is 9.10. The Kier molecular flexibility index (Phi) is 4.29. The van der Waals surface area contributed by atoms with E-state index in [2.05, 4.69) is 25.8 Å². The maximum Gasteiger partial charge on any atom is 0.280 e. The molecule has 0 amide bonds. The van der Waals surface area contributed by atoms with Gasteiger partial charge in [-0.1, -0.05) is 23.2 Å². The van der Waals surface area contributed by atoms with Crippen LogP contribution in [0, 0.1) is 5.82 Å². The predicted octanol–water partition coefficient (Wildman–Crippen LogP) is 3.43. The van der Waals surface area contributed by atoms with Crippen molar-refractivity contribution in [1.82, 2.24) is 9.78 Å². The van der Waals surface area contributed by atoms with Crippen molar-refractivity contribution in [2.45, 2.75) is 5.03 Å².